The average Bonchev–Trinajstić information content (AvgIpc) is 3.35. The van der Waals surface area contributed by atoms with Gasteiger partial charge >= 0.3 is 0 Å². The van der Waals surface area contributed by atoms with E-state index in [1.807, 2.05) is 12.1 Å². The number of nitrogens with one attached hydrogen (secondary N) is 4. The molecule has 0 aromatic carbocycles. The molecule has 0 aliphatic heterocycles. The smallest absolute Gasteiger partial charge is 0.158 e. The van der Waals surface area contributed by atoms with E-state index in [1.54, 1.807) is 17.0 Å². The van der Waals surface area contributed by atoms with Crippen molar-refractivity contribution in [1.82, 2.24) is 24.5 Å². The van der Waals surface area contributed by atoms with Gasteiger partial charge in [0.15, 0.2) is 11.3 Å². The van der Waals surface area contributed by atoms with Crippen LogP contribution in [-0.4, -0.2) is 36.9 Å². The van der Waals surface area contributed by atoms with Gasteiger partial charge in [0.25, 0.3) is 0 Å². The van der Waals surface area contributed by atoms with Gasteiger partial charge in [-0.05, 0) is 31.2 Å². The molecular formula is C18H19N9. The Morgan fingerprint density at radius 3 is 2.96 bits per heavy atom. The van der Waals surface area contributed by atoms with Gasteiger partial charge in [0.2, 0.25) is 0 Å². The molecule has 2 atom stereocenters. The van der Waals surface area contributed by atoms with E-state index < -0.39 is 0 Å². The zero-order chi connectivity index (χ0) is 18.8. The maximum atomic E-state index is 8.76. The summed E-state index contributed by atoms with van der Waals surface area (Å²) >= 11 is 0. The molecular weight excluding hydrogens is 342 g/mol. The summed E-state index contributed by atoms with van der Waals surface area (Å²) in [5.41, 5.74) is 1.97. The fraction of sp³-hybridized carbons (Fsp3) is 0.333. The molecule has 3 aromatic heterocycles. The monoisotopic (exact) mass is 361 g/mol. The van der Waals surface area contributed by atoms with Gasteiger partial charge in [-0.1, -0.05) is 0 Å². The van der Waals surface area contributed by atoms with Gasteiger partial charge in [-0.3, -0.25) is 15.4 Å². The lowest BCUT2D eigenvalue weighted by molar-refractivity contribution is 0.562. The van der Waals surface area contributed by atoms with Crippen LogP contribution in [0.3, 0.4) is 0 Å². The lowest BCUT2D eigenvalue weighted by atomic mass is 10.0. The Hall–Kier alpha value is -3.54. The first-order valence-electron chi connectivity index (χ1n) is 8.80. The molecule has 0 amide bonds. The van der Waals surface area contributed by atoms with Crippen LogP contribution in [0.4, 0.5) is 5.82 Å². The van der Waals surface area contributed by atoms with Gasteiger partial charge in [-0.25, -0.2) is 15.0 Å². The number of hydrogen-bond donors (Lipinski definition) is 4. The molecule has 1 fully saturated rings. The number of anilines is 1. The zero-order valence-corrected chi connectivity index (χ0v) is 14.6. The molecule has 1 aliphatic rings. The molecule has 0 radical (unpaired) electrons. The Labute approximate surface area is 155 Å². The summed E-state index contributed by atoms with van der Waals surface area (Å²) in [5, 5.41) is 28.8. The number of rotatable bonds is 4. The Bertz CT molecular complexity index is 1070. The third kappa shape index (κ3) is 3.29. The van der Waals surface area contributed by atoms with Crippen LogP contribution >= 0.6 is 0 Å². The Kier molecular flexibility index (Phi) is 4.38. The van der Waals surface area contributed by atoms with Crippen molar-refractivity contribution in [3.63, 3.8) is 0 Å². The second kappa shape index (κ2) is 6.99. The predicted octanol–water partition coefficient (Wildman–Crippen LogP) is 1.86. The second-order valence-corrected chi connectivity index (χ2v) is 6.73. The van der Waals surface area contributed by atoms with Crippen molar-refractivity contribution < 1.29 is 0 Å². The van der Waals surface area contributed by atoms with Gasteiger partial charge in [-0.15, -0.1) is 0 Å². The summed E-state index contributed by atoms with van der Waals surface area (Å²) < 4.78 is 1.67. The average molecular weight is 361 g/mol. The Morgan fingerprint density at radius 1 is 1.30 bits per heavy atom. The maximum absolute atomic E-state index is 8.76. The first-order chi connectivity index (χ1) is 13.2. The number of H-pyrrole nitrogens is 1. The molecule has 3 aromatic rings. The number of aromatic amines is 1. The van der Waals surface area contributed by atoms with Crippen LogP contribution in [-0.2, 0) is 0 Å². The molecule has 4 N–H and O–H groups in total. The summed E-state index contributed by atoms with van der Waals surface area (Å²) in [5.74, 6) is 1.63. The predicted molar refractivity (Wildman–Crippen MR) is 99.1 cm³/mol. The highest BCUT2D eigenvalue weighted by Gasteiger charge is 2.29. The van der Waals surface area contributed by atoms with Crippen LogP contribution in [0.25, 0.3) is 11.2 Å². The fourth-order valence-electron chi connectivity index (χ4n) is 3.63. The van der Waals surface area contributed by atoms with Crippen LogP contribution in [0.2, 0.25) is 0 Å². The normalized spacial score (nSPS) is 19.1. The number of hydrogen-bond acceptors (Lipinski definition) is 7. The topological polar surface area (TPSA) is 143 Å². The Morgan fingerprint density at radius 2 is 2.19 bits per heavy atom. The van der Waals surface area contributed by atoms with E-state index in [0.717, 1.165) is 31.3 Å². The number of fused-ring (bicyclic) bond motifs is 1. The van der Waals surface area contributed by atoms with Crippen LogP contribution in [0.5, 0.6) is 0 Å². The molecule has 0 bridgehead atoms. The van der Waals surface area contributed by atoms with Crippen LogP contribution in [0.15, 0.2) is 30.9 Å². The molecule has 9 nitrogen and oxygen atoms in total. The maximum Gasteiger partial charge on any atom is 0.158 e. The van der Waals surface area contributed by atoms with Crippen molar-refractivity contribution in [2.45, 2.75) is 19.3 Å². The summed E-state index contributed by atoms with van der Waals surface area (Å²) in [7, 11) is 0. The van der Waals surface area contributed by atoms with E-state index in [0.29, 0.717) is 28.9 Å². The zero-order valence-electron chi connectivity index (χ0n) is 14.6. The second-order valence-electron chi connectivity index (χ2n) is 6.73. The molecule has 0 unspecified atom stereocenters. The SMILES string of the molecule is N#Cc1cnc(NC[C@H]2CC[C@@H](C(=N)n3c(=N)cnc4[nH]ccc43)C2)cn1. The first-order valence-corrected chi connectivity index (χ1v) is 8.80. The largest absolute Gasteiger partial charge is 0.369 e. The van der Waals surface area contributed by atoms with Crippen molar-refractivity contribution in [2.75, 3.05) is 11.9 Å². The van der Waals surface area contributed by atoms with E-state index in [-0.39, 0.29) is 11.4 Å². The molecule has 1 saturated carbocycles. The summed E-state index contributed by atoms with van der Waals surface area (Å²) in [6.07, 6.45) is 9.09. The van der Waals surface area contributed by atoms with Gasteiger partial charge in [-0.2, -0.15) is 5.26 Å². The van der Waals surface area contributed by atoms with Gasteiger partial charge < -0.3 is 10.3 Å². The highest BCUT2D eigenvalue weighted by molar-refractivity contribution is 5.91. The molecule has 1 aliphatic carbocycles. The van der Waals surface area contributed by atoms with Crippen molar-refractivity contribution in [2.24, 2.45) is 11.8 Å². The highest BCUT2D eigenvalue weighted by Crippen LogP contribution is 2.32. The van der Waals surface area contributed by atoms with E-state index in [9.17, 15) is 0 Å². The van der Waals surface area contributed by atoms with E-state index in [1.165, 1.54) is 12.4 Å². The van der Waals surface area contributed by atoms with Gasteiger partial charge in [0.1, 0.15) is 23.2 Å². The van der Waals surface area contributed by atoms with Crippen molar-refractivity contribution in [1.29, 1.82) is 16.1 Å². The third-order valence-electron chi connectivity index (χ3n) is 5.01. The van der Waals surface area contributed by atoms with Crippen molar-refractivity contribution >= 4 is 22.8 Å². The molecule has 0 saturated heterocycles. The molecule has 3 heterocycles. The Balaban J connectivity index is 1.42. The molecule has 27 heavy (non-hydrogen) atoms. The highest BCUT2D eigenvalue weighted by atomic mass is 15.1. The summed E-state index contributed by atoms with van der Waals surface area (Å²) in [6, 6.07) is 3.80. The van der Waals surface area contributed by atoms with E-state index >= 15 is 0 Å². The number of nitriles is 1. The van der Waals surface area contributed by atoms with E-state index in [4.69, 9.17) is 16.1 Å². The number of aromatic nitrogens is 5. The minimum absolute atomic E-state index is 0.110. The van der Waals surface area contributed by atoms with Crippen molar-refractivity contribution in [3.8, 4) is 6.07 Å². The first kappa shape index (κ1) is 16.9. The number of nitrogens with zero attached hydrogens (tertiary/aromatic N) is 5. The van der Waals surface area contributed by atoms with Crippen LogP contribution in [0, 0.1) is 34.0 Å². The molecule has 9 heteroatoms. The standard InChI is InChI=1S/C18H19N9/c19-6-13-8-25-16(10-23-13)24-7-11-1-2-12(5-11)17(21)27-14-3-4-22-18(14)26-9-15(27)20/h3-4,8-12,20-22H,1-2,5,7H2,(H,24,25)/t11-,12+/m0/s1. The van der Waals surface area contributed by atoms with Crippen molar-refractivity contribution in [3.05, 3.63) is 42.0 Å². The van der Waals surface area contributed by atoms with Gasteiger partial charge in [0, 0.05) is 18.7 Å². The lowest BCUT2D eigenvalue weighted by Gasteiger charge is -2.16. The van der Waals surface area contributed by atoms with Crippen LogP contribution < -0.4 is 10.8 Å². The minimum Gasteiger partial charge on any atom is -0.369 e. The summed E-state index contributed by atoms with van der Waals surface area (Å²) in [6.45, 7) is 0.749. The molecule has 4 rings (SSSR count). The van der Waals surface area contributed by atoms with Crippen LogP contribution in [0.1, 0.15) is 25.0 Å². The minimum atomic E-state index is 0.110. The summed E-state index contributed by atoms with van der Waals surface area (Å²) in [4.78, 5) is 15.4. The quantitative estimate of drug-likeness (QED) is 0.414. The lowest BCUT2D eigenvalue weighted by Crippen LogP contribution is -2.31. The fourth-order valence-corrected chi connectivity index (χ4v) is 3.63. The van der Waals surface area contributed by atoms with Gasteiger partial charge in [0.05, 0.1) is 24.1 Å². The molecule has 0 spiro atoms. The third-order valence-corrected chi connectivity index (χ3v) is 5.01. The van der Waals surface area contributed by atoms with E-state index in [2.05, 4.69) is 25.3 Å². The molecule has 136 valence electrons.